The molecule has 0 bridgehead atoms. The standard InChI is InChI=1S/C17H18N2O4S/c1-11-14(12(2)23-19-11)8-16(20)18-10-17(21,13-5-6-22-9-13)15-4-3-7-24-15/h3-7,9,21H,8,10H2,1-2H3,(H,18,20)/t17-/m1/s1. The maximum absolute atomic E-state index is 12.3. The number of amides is 1. The number of furan rings is 1. The molecule has 0 unspecified atom stereocenters. The summed E-state index contributed by atoms with van der Waals surface area (Å²) < 4.78 is 10.2. The highest BCUT2D eigenvalue weighted by atomic mass is 32.1. The maximum atomic E-state index is 12.3. The smallest absolute Gasteiger partial charge is 0.224 e. The first-order valence-corrected chi connectivity index (χ1v) is 8.36. The molecular weight excluding hydrogens is 328 g/mol. The first-order valence-electron chi connectivity index (χ1n) is 7.48. The molecule has 126 valence electrons. The van der Waals surface area contributed by atoms with Gasteiger partial charge in [-0.1, -0.05) is 11.2 Å². The van der Waals surface area contributed by atoms with Crippen LogP contribution in [0.2, 0.25) is 0 Å². The lowest BCUT2D eigenvalue weighted by Crippen LogP contribution is -2.41. The molecule has 0 spiro atoms. The van der Waals surface area contributed by atoms with Gasteiger partial charge in [-0.2, -0.15) is 0 Å². The molecule has 2 N–H and O–H groups in total. The highest BCUT2D eigenvalue weighted by Gasteiger charge is 2.34. The molecule has 0 aliphatic carbocycles. The second-order valence-corrected chi connectivity index (χ2v) is 6.55. The van der Waals surface area contributed by atoms with Crippen molar-refractivity contribution in [3.8, 4) is 0 Å². The van der Waals surface area contributed by atoms with Crippen molar-refractivity contribution in [1.29, 1.82) is 0 Å². The summed E-state index contributed by atoms with van der Waals surface area (Å²) in [6.45, 7) is 3.62. The Morgan fingerprint density at radius 1 is 1.42 bits per heavy atom. The fourth-order valence-corrected chi connectivity index (χ4v) is 3.39. The Hall–Kier alpha value is -2.38. The molecule has 0 saturated carbocycles. The quantitative estimate of drug-likeness (QED) is 0.716. The molecule has 0 aliphatic heterocycles. The van der Waals surface area contributed by atoms with Gasteiger partial charge in [0.15, 0.2) is 0 Å². The number of hydrogen-bond donors (Lipinski definition) is 2. The highest BCUT2D eigenvalue weighted by Crippen LogP contribution is 2.32. The summed E-state index contributed by atoms with van der Waals surface area (Å²) in [7, 11) is 0. The van der Waals surface area contributed by atoms with E-state index >= 15 is 0 Å². The lowest BCUT2D eigenvalue weighted by Gasteiger charge is -2.26. The zero-order chi connectivity index (χ0) is 17.2. The van der Waals surface area contributed by atoms with E-state index in [1.807, 2.05) is 17.5 Å². The topological polar surface area (TPSA) is 88.5 Å². The van der Waals surface area contributed by atoms with Gasteiger partial charge in [0, 0.05) is 16.0 Å². The van der Waals surface area contributed by atoms with E-state index in [-0.39, 0.29) is 18.9 Å². The summed E-state index contributed by atoms with van der Waals surface area (Å²) in [4.78, 5) is 13.0. The molecule has 1 amide bonds. The molecule has 3 aromatic heterocycles. The molecule has 0 aromatic carbocycles. The number of nitrogens with one attached hydrogen (secondary N) is 1. The number of aliphatic hydroxyl groups is 1. The van der Waals surface area contributed by atoms with Crippen LogP contribution < -0.4 is 5.32 Å². The first kappa shape index (κ1) is 16.5. The van der Waals surface area contributed by atoms with Gasteiger partial charge in [-0.3, -0.25) is 4.79 Å². The molecule has 0 saturated heterocycles. The molecular formula is C17H18N2O4S. The minimum atomic E-state index is -1.32. The number of nitrogens with zero attached hydrogens (tertiary/aromatic N) is 1. The van der Waals surface area contributed by atoms with Crippen LogP contribution in [0.25, 0.3) is 0 Å². The van der Waals surface area contributed by atoms with Crippen molar-refractivity contribution in [3.05, 3.63) is 63.6 Å². The van der Waals surface area contributed by atoms with E-state index in [0.717, 1.165) is 10.4 Å². The van der Waals surface area contributed by atoms with Crippen LogP contribution in [0, 0.1) is 13.8 Å². The van der Waals surface area contributed by atoms with E-state index in [0.29, 0.717) is 17.0 Å². The van der Waals surface area contributed by atoms with Crippen LogP contribution in [0.1, 0.15) is 27.5 Å². The van der Waals surface area contributed by atoms with Crippen LogP contribution >= 0.6 is 11.3 Å². The molecule has 6 nitrogen and oxygen atoms in total. The normalized spacial score (nSPS) is 13.6. The van der Waals surface area contributed by atoms with Crippen LogP contribution in [0.3, 0.4) is 0 Å². The number of hydrogen-bond acceptors (Lipinski definition) is 6. The van der Waals surface area contributed by atoms with Gasteiger partial charge < -0.3 is 19.4 Å². The number of rotatable bonds is 6. The molecule has 0 aliphatic rings. The Kier molecular flexibility index (Phi) is 4.55. The summed E-state index contributed by atoms with van der Waals surface area (Å²) in [5, 5.41) is 19.6. The summed E-state index contributed by atoms with van der Waals surface area (Å²) in [6.07, 6.45) is 3.15. The SMILES string of the molecule is Cc1noc(C)c1CC(=O)NC[C@@](O)(c1ccoc1)c1cccs1. The predicted molar refractivity (Wildman–Crippen MR) is 88.7 cm³/mol. The van der Waals surface area contributed by atoms with Crippen molar-refractivity contribution >= 4 is 17.2 Å². The zero-order valence-electron chi connectivity index (χ0n) is 13.4. The van der Waals surface area contributed by atoms with Crippen molar-refractivity contribution < 1.29 is 18.8 Å². The van der Waals surface area contributed by atoms with E-state index in [1.54, 1.807) is 19.9 Å². The number of carbonyl (C=O) groups is 1. The van der Waals surface area contributed by atoms with Gasteiger partial charge in [-0.15, -0.1) is 11.3 Å². The number of aryl methyl sites for hydroxylation is 2. The van der Waals surface area contributed by atoms with Crippen LogP contribution in [0.4, 0.5) is 0 Å². The summed E-state index contributed by atoms with van der Waals surface area (Å²) >= 11 is 1.42. The number of aromatic nitrogens is 1. The summed E-state index contributed by atoms with van der Waals surface area (Å²) in [6, 6.07) is 5.38. The summed E-state index contributed by atoms with van der Waals surface area (Å²) in [5.74, 6) is 0.425. The van der Waals surface area contributed by atoms with Crippen LogP contribution in [-0.2, 0) is 16.8 Å². The van der Waals surface area contributed by atoms with Gasteiger partial charge in [0.05, 0.1) is 31.2 Å². The molecule has 7 heteroatoms. The second-order valence-electron chi connectivity index (χ2n) is 5.61. The van der Waals surface area contributed by atoms with Gasteiger partial charge in [-0.05, 0) is 31.4 Å². The van der Waals surface area contributed by atoms with Gasteiger partial charge in [0.25, 0.3) is 0 Å². The van der Waals surface area contributed by atoms with E-state index in [4.69, 9.17) is 8.94 Å². The fourth-order valence-electron chi connectivity index (χ4n) is 2.55. The second kappa shape index (κ2) is 6.62. The third kappa shape index (κ3) is 3.13. The summed E-state index contributed by atoms with van der Waals surface area (Å²) in [5.41, 5.74) is 0.749. The largest absolute Gasteiger partial charge is 0.472 e. The van der Waals surface area contributed by atoms with E-state index in [2.05, 4.69) is 10.5 Å². The third-order valence-corrected chi connectivity index (χ3v) is 5.01. The van der Waals surface area contributed by atoms with Crippen molar-refractivity contribution in [1.82, 2.24) is 10.5 Å². The number of thiophene rings is 1. The van der Waals surface area contributed by atoms with Gasteiger partial charge in [0.2, 0.25) is 5.91 Å². The molecule has 3 heterocycles. The molecule has 24 heavy (non-hydrogen) atoms. The van der Waals surface area contributed by atoms with Gasteiger partial charge in [-0.25, -0.2) is 0 Å². The molecule has 1 atom stereocenters. The molecule has 0 fully saturated rings. The van der Waals surface area contributed by atoms with E-state index in [9.17, 15) is 9.90 Å². The average molecular weight is 346 g/mol. The molecule has 3 rings (SSSR count). The Labute approximate surface area is 143 Å². The maximum Gasteiger partial charge on any atom is 0.224 e. The molecule has 3 aromatic rings. The van der Waals surface area contributed by atoms with Gasteiger partial charge >= 0.3 is 0 Å². The lowest BCUT2D eigenvalue weighted by atomic mass is 9.94. The van der Waals surface area contributed by atoms with Crippen molar-refractivity contribution in [2.75, 3.05) is 6.54 Å². The zero-order valence-corrected chi connectivity index (χ0v) is 14.2. The Morgan fingerprint density at radius 2 is 2.25 bits per heavy atom. The minimum Gasteiger partial charge on any atom is -0.472 e. The van der Waals surface area contributed by atoms with Crippen LogP contribution in [-0.4, -0.2) is 22.7 Å². The van der Waals surface area contributed by atoms with Crippen LogP contribution in [0.15, 0.2) is 45.0 Å². The average Bonchev–Trinajstić information content (AvgIpc) is 3.31. The fraction of sp³-hybridized carbons (Fsp3) is 0.294. The monoisotopic (exact) mass is 346 g/mol. The van der Waals surface area contributed by atoms with Crippen molar-refractivity contribution in [2.45, 2.75) is 25.9 Å². The predicted octanol–water partition coefficient (Wildman–Crippen LogP) is 2.54. The minimum absolute atomic E-state index is 0.0508. The van der Waals surface area contributed by atoms with Crippen molar-refractivity contribution in [2.24, 2.45) is 0 Å². The highest BCUT2D eigenvalue weighted by molar-refractivity contribution is 7.10. The van der Waals surface area contributed by atoms with Gasteiger partial charge in [0.1, 0.15) is 11.4 Å². The Balaban J connectivity index is 1.74. The third-order valence-electron chi connectivity index (χ3n) is 3.99. The van der Waals surface area contributed by atoms with E-state index < -0.39 is 5.60 Å². The Morgan fingerprint density at radius 3 is 2.83 bits per heavy atom. The Bertz CT molecular complexity index is 752. The molecule has 0 radical (unpaired) electrons. The van der Waals surface area contributed by atoms with Crippen LogP contribution in [0.5, 0.6) is 0 Å². The van der Waals surface area contributed by atoms with E-state index in [1.165, 1.54) is 23.9 Å². The number of carbonyl (C=O) groups excluding carboxylic acids is 1. The first-order chi connectivity index (χ1) is 11.5. The van der Waals surface area contributed by atoms with Crippen molar-refractivity contribution in [3.63, 3.8) is 0 Å². The lowest BCUT2D eigenvalue weighted by molar-refractivity contribution is -0.121.